The Balaban J connectivity index is 1.17. The molecule has 0 saturated heterocycles. The van der Waals surface area contributed by atoms with Crippen LogP contribution in [0.5, 0.6) is 11.5 Å². The number of benzene rings is 3. The van der Waals surface area contributed by atoms with E-state index in [4.69, 9.17) is 9.47 Å². The van der Waals surface area contributed by atoms with Gasteiger partial charge in [-0.3, -0.25) is 4.79 Å². The average molecular weight is 574 g/mol. The smallest absolute Gasteiger partial charge is 0.263 e. The number of carbonyl (C=O) groups is 1. The molecule has 4 atom stereocenters. The molecule has 1 amide bonds. The number of anilines is 1. The molecule has 1 saturated carbocycles. The van der Waals surface area contributed by atoms with Crippen molar-refractivity contribution in [2.75, 3.05) is 18.4 Å². The van der Waals surface area contributed by atoms with Gasteiger partial charge in [-0.05, 0) is 67.9 Å². The van der Waals surface area contributed by atoms with Crippen molar-refractivity contribution in [3.8, 4) is 11.5 Å². The summed E-state index contributed by atoms with van der Waals surface area (Å²) < 4.78 is 26.6. The number of nitrogens with one attached hydrogen (secondary N) is 3. The molecule has 1 aliphatic carbocycles. The summed E-state index contributed by atoms with van der Waals surface area (Å²) >= 11 is 0. The maximum absolute atomic E-state index is 14.1. The number of hydrogen-bond donors (Lipinski definition) is 4. The normalized spacial score (nSPS) is 21.7. The second-order valence-corrected chi connectivity index (χ2v) is 11.9. The molecule has 3 aliphatic rings. The van der Waals surface area contributed by atoms with E-state index in [1.165, 1.54) is 11.6 Å². The van der Waals surface area contributed by atoms with Gasteiger partial charge in [0.15, 0.2) is 6.10 Å². The second kappa shape index (κ2) is 12.3. The fourth-order valence-corrected chi connectivity index (χ4v) is 6.59. The third kappa shape index (κ3) is 6.10. The molecule has 4 N–H and O–H groups in total. The standard InChI is InChI=1S/C34H40FN3O4/c1-2-22-13-14-29-24(17-22)27(19-34(42-29)15-6-7-16-34)36-20-28(39)26(18-23-9-4-3-5-10-23)38-33(40)31-21-37-32-25(35)11-8-12-30(32)41-31/h3-5,8-14,17,26-28,31,36-37,39H,2,6-7,15-16,18-21H2,1H3,(H,38,40)/t26-,27-,28?,31?/m0/s1. The highest BCUT2D eigenvalue weighted by Crippen LogP contribution is 2.47. The number of aryl methyl sites for hydroxylation is 1. The number of rotatable bonds is 9. The minimum absolute atomic E-state index is 0.0401. The number of aliphatic hydroxyl groups excluding tert-OH is 1. The zero-order valence-corrected chi connectivity index (χ0v) is 24.1. The van der Waals surface area contributed by atoms with Crippen LogP contribution in [0.15, 0.2) is 66.7 Å². The van der Waals surface area contributed by atoms with Crippen LogP contribution in [0.3, 0.4) is 0 Å². The van der Waals surface area contributed by atoms with Crippen LogP contribution in [0, 0.1) is 5.82 Å². The summed E-state index contributed by atoms with van der Waals surface area (Å²) in [6.07, 6.45) is 4.94. The monoisotopic (exact) mass is 573 g/mol. The highest BCUT2D eigenvalue weighted by molar-refractivity contribution is 5.83. The predicted molar refractivity (Wildman–Crippen MR) is 160 cm³/mol. The van der Waals surface area contributed by atoms with Crippen molar-refractivity contribution in [3.63, 3.8) is 0 Å². The van der Waals surface area contributed by atoms with Gasteiger partial charge in [-0.2, -0.15) is 0 Å². The highest BCUT2D eigenvalue weighted by Gasteiger charge is 2.43. The first kappa shape index (κ1) is 28.5. The first-order chi connectivity index (χ1) is 20.4. The molecule has 3 aromatic carbocycles. The van der Waals surface area contributed by atoms with Crippen LogP contribution in [0.25, 0.3) is 0 Å². The Hall–Kier alpha value is -3.62. The number of ether oxygens (including phenoxy) is 2. The van der Waals surface area contributed by atoms with Gasteiger partial charge in [0.05, 0.1) is 18.7 Å². The number of halogens is 1. The Bertz CT molecular complexity index is 1390. The van der Waals surface area contributed by atoms with Gasteiger partial charge in [-0.15, -0.1) is 0 Å². The number of aliphatic hydroxyl groups is 1. The van der Waals surface area contributed by atoms with E-state index in [1.54, 1.807) is 12.1 Å². The number of para-hydroxylation sites is 1. The fraction of sp³-hybridized carbons (Fsp3) is 0.441. The van der Waals surface area contributed by atoms with Gasteiger partial charge in [0.2, 0.25) is 0 Å². The summed E-state index contributed by atoms with van der Waals surface area (Å²) in [7, 11) is 0. The summed E-state index contributed by atoms with van der Waals surface area (Å²) in [5.74, 6) is 0.454. The maximum atomic E-state index is 14.1. The SMILES string of the molecule is CCc1ccc2c(c1)[C@@H](NCC(O)[C@H](Cc1ccccc1)NC(=O)C1CNc3c(F)cccc3O1)CC1(CCCC1)O2. The van der Waals surface area contributed by atoms with Crippen LogP contribution in [0.4, 0.5) is 10.1 Å². The molecule has 0 bridgehead atoms. The van der Waals surface area contributed by atoms with E-state index in [0.717, 1.165) is 55.4 Å². The lowest BCUT2D eigenvalue weighted by Crippen LogP contribution is -2.54. The van der Waals surface area contributed by atoms with E-state index >= 15 is 0 Å². The third-order valence-corrected chi connectivity index (χ3v) is 8.94. The molecular weight excluding hydrogens is 533 g/mol. The fourth-order valence-electron chi connectivity index (χ4n) is 6.59. The van der Waals surface area contributed by atoms with E-state index in [1.807, 2.05) is 30.3 Å². The third-order valence-electron chi connectivity index (χ3n) is 8.94. The molecule has 7 nitrogen and oxygen atoms in total. The van der Waals surface area contributed by atoms with Gasteiger partial charge >= 0.3 is 0 Å². The Kier molecular flexibility index (Phi) is 8.36. The van der Waals surface area contributed by atoms with Crippen molar-refractivity contribution >= 4 is 11.6 Å². The Morgan fingerprint density at radius 1 is 1.07 bits per heavy atom. The summed E-state index contributed by atoms with van der Waals surface area (Å²) in [6.45, 7) is 2.58. The van der Waals surface area contributed by atoms with Crippen molar-refractivity contribution in [1.82, 2.24) is 10.6 Å². The van der Waals surface area contributed by atoms with Gasteiger partial charge in [0, 0.05) is 24.6 Å². The number of fused-ring (bicyclic) bond motifs is 2. The number of carbonyl (C=O) groups excluding carboxylic acids is 1. The molecule has 2 heterocycles. The number of amides is 1. The van der Waals surface area contributed by atoms with E-state index in [0.29, 0.717) is 18.7 Å². The molecule has 8 heteroatoms. The van der Waals surface area contributed by atoms with Crippen molar-refractivity contribution < 1.29 is 23.8 Å². The summed E-state index contributed by atoms with van der Waals surface area (Å²) in [5.41, 5.74) is 3.49. The van der Waals surface area contributed by atoms with Gasteiger partial charge in [0.1, 0.15) is 28.6 Å². The van der Waals surface area contributed by atoms with E-state index < -0.39 is 24.1 Å². The molecule has 3 aromatic rings. The molecule has 0 aromatic heterocycles. The lowest BCUT2D eigenvalue weighted by molar-refractivity contribution is -0.129. The van der Waals surface area contributed by atoms with Crippen LogP contribution < -0.4 is 25.4 Å². The maximum Gasteiger partial charge on any atom is 0.263 e. The summed E-state index contributed by atoms with van der Waals surface area (Å²) in [6, 6.07) is 20.3. The summed E-state index contributed by atoms with van der Waals surface area (Å²) in [4.78, 5) is 13.4. The summed E-state index contributed by atoms with van der Waals surface area (Å²) in [5, 5.41) is 21.2. The average Bonchev–Trinajstić information content (AvgIpc) is 3.46. The van der Waals surface area contributed by atoms with Crippen molar-refractivity contribution in [1.29, 1.82) is 0 Å². The van der Waals surface area contributed by atoms with Crippen LogP contribution >= 0.6 is 0 Å². The van der Waals surface area contributed by atoms with Gasteiger partial charge < -0.3 is 30.5 Å². The second-order valence-electron chi connectivity index (χ2n) is 11.9. The molecule has 6 rings (SSSR count). The zero-order valence-electron chi connectivity index (χ0n) is 24.1. The molecule has 2 aliphatic heterocycles. The molecule has 0 radical (unpaired) electrons. The highest BCUT2D eigenvalue weighted by atomic mass is 19.1. The predicted octanol–water partition coefficient (Wildman–Crippen LogP) is 5.08. The van der Waals surface area contributed by atoms with E-state index in [-0.39, 0.29) is 29.8 Å². The molecule has 1 spiro atoms. The van der Waals surface area contributed by atoms with Crippen LogP contribution in [-0.4, -0.2) is 48.0 Å². The molecule has 42 heavy (non-hydrogen) atoms. The zero-order chi connectivity index (χ0) is 29.1. The first-order valence-electron chi connectivity index (χ1n) is 15.2. The largest absolute Gasteiger partial charge is 0.487 e. The Morgan fingerprint density at radius 3 is 2.67 bits per heavy atom. The first-order valence-corrected chi connectivity index (χ1v) is 15.2. The number of hydrogen-bond acceptors (Lipinski definition) is 6. The minimum Gasteiger partial charge on any atom is -0.487 e. The Morgan fingerprint density at radius 2 is 1.88 bits per heavy atom. The Labute approximate surface area is 246 Å². The topological polar surface area (TPSA) is 91.9 Å². The minimum atomic E-state index is -0.865. The van der Waals surface area contributed by atoms with Crippen LogP contribution in [-0.2, 0) is 17.6 Å². The molecule has 2 unspecified atom stereocenters. The molecule has 1 fully saturated rings. The van der Waals surface area contributed by atoms with E-state index in [2.05, 4.69) is 41.1 Å². The lowest BCUT2D eigenvalue weighted by Gasteiger charge is -2.41. The molecular formula is C34H40FN3O4. The van der Waals surface area contributed by atoms with Crippen LogP contribution in [0.1, 0.15) is 61.8 Å². The van der Waals surface area contributed by atoms with E-state index in [9.17, 15) is 14.3 Å². The van der Waals surface area contributed by atoms with Crippen LogP contribution in [0.2, 0.25) is 0 Å². The van der Waals surface area contributed by atoms with Crippen molar-refractivity contribution in [2.45, 2.75) is 81.8 Å². The van der Waals surface area contributed by atoms with Crippen molar-refractivity contribution in [2.24, 2.45) is 0 Å². The van der Waals surface area contributed by atoms with Crippen molar-refractivity contribution in [3.05, 3.63) is 89.2 Å². The quantitative estimate of drug-likeness (QED) is 0.286. The van der Waals surface area contributed by atoms with Gasteiger partial charge in [-0.1, -0.05) is 55.5 Å². The molecule has 222 valence electrons. The lowest BCUT2D eigenvalue weighted by atomic mass is 9.85. The van der Waals surface area contributed by atoms with Gasteiger partial charge in [0.25, 0.3) is 5.91 Å². The van der Waals surface area contributed by atoms with Gasteiger partial charge in [-0.25, -0.2) is 4.39 Å².